The topological polar surface area (TPSA) is 78.9 Å². The van der Waals surface area contributed by atoms with Gasteiger partial charge >= 0.3 is 5.97 Å². The van der Waals surface area contributed by atoms with Crippen molar-refractivity contribution in [1.29, 1.82) is 0 Å². The molecule has 1 aliphatic rings. The molecular weight excluding hydrogens is 242 g/mol. The van der Waals surface area contributed by atoms with E-state index in [-0.39, 0.29) is 5.69 Å². The molecule has 1 unspecified atom stereocenters. The van der Waals surface area contributed by atoms with Gasteiger partial charge in [0.1, 0.15) is 11.4 Å². The molecule has 2 N–H and O–H groups in total. The van der Waals surface area contributed by atoms with E-state index < -0.39 is 5.97 Å². The third kappa shape index (κ3) is 2.03. The average Bonchev–Trinajstić information content (AvgIpc) is 2.84. The highest BCUT2D eigenvalue weighted by molar-refractivity contribution is 5.85. The Morgan fingerprint density at radius 2 is 2.26 bits per heavy atom. The van der Waals surface area contributed by atoms with Crippen LogP contribution in [0.25, 0.3) is 17.6 Å². The van der Waals surface area contributed by atoms with Gasteiger partial charge in [-0.2, -0.15) is 0 Å². The summed E-state index contributed by atoms with van der Waals surface area (Å²) in [6.07, 6.45) is 5.06. The second-order valence-electron chi connectivity index (χ2n) is 4.64. The molecule has 0 bridgehead atoms. The summed E-state index contributed by atoms with van der Waals surface area (Å²) in [5, 5.41) is 8.96. The van der Waals surface area contributed by atoms with Gasteiger partial charge in [0.25, 0.3) is 0 Å². The molecule has 0 saturated heterocycles. The second kappa shape index (κ2) is 4.35. The van der Waals surface area contributed by atoms with Crippen molar-refractivity contribution in [1.82, 2.24) is 15.0 Å². The number of rotatable bonds is 2. The van der Waals surface area contributed by atoms with Crippen LogP contribution in [-0.2, 0) is 0 Å². The summed E-state index contributed by atoms with van der Waals surface area (Å²) in [4.78, 5) is 22.7. The van der Waals surface area contributed by atoms with Crippen molar-refractivity contribution < 1.29 is 9.90 Å². The number of nitrogens with zero attached hydrogens (tertiary/aromatic N) is 2. The smallest absolute Gasteiger partial charge is 0.354 e. The predicted octanol–water partition coefficient (Wildman–Crippen LogP) is 2.69. The van der Waals surface area contributed by atoms with Gasteiger partial charge in [-0.3, -0.25) is 0 Å². The highest BCUT2D eigenvalue weighted by Crippen LogP contribution is 2.29. The van der Waals surface area contributed by atoms with Crippen LogP contribution >= 0.6 is 0 Å². The van der Waals surface area contributed by atoms with Crippen molar-refractivity contribution >= 4 is 12.0 Å². The SMILES string of the molecule is CC1CC=Cc2nc(-c3cccc(C(=O)O)n3)[nH]c21. The quantitative estimate of drug-likeness (QED) is 0.864. The van der Waals surface area contributed by atoms with E-state index in [1.807, 2.05) is 6.08 Å². The Balaban J connectivity index is 2.06. The molecule has 0 radical (unpaired) electrons. The minimum atomic E-state index is -1.04. The lowest BCUT2D eigenvalue weighted by Gasteiger charge is -2.11. The van der Waals surface area contributed by atoms with Gasteiger partial charge in [-0.05, 0) is 24.6 Å². The summed E-state index contributed by atoms with van der Waals surface area (Å²) in [6, 6.07) is 4.90. The largest absolute Gasteiger partial charge is 0.477 e. The lowest BCUT2D eigenvalue weighted by molar-refractivity contribution is 0.0690. The minimum absolute atomic E-state index is 0.0236. The van der Waals surface area contributed by atoms with Crippen LogP contribution in [0.15, 0.2) is 24.3 Å². The maximum atomic E-state index is 10.9. The molecule has 0 aliphatic heterocycles. The van der Waals surface area contributed by atoms with Crippen LogP contribution in [0, 0.1) is 0 Å². The number of fused-ring (bicyclic) bond motifs is 1. The number of hydrogen-bond acceptors (Lipinski definition) is 3. The summed E-state index contributed by atoms with van der Waals surface area (Å²) >= 11 is 0. The zero-order chi connectivity index (χ0) is 13.4. The molecule has 0 spiro atoms. The third-order valence-corrected chi connectivity index (χ3v) is 3.23. The number of carboxylic acid groups (broad SMARTS) is 1. The Morgan fingerprint density at radius 3 is 3.00 bits per heavy atom. The lowest BCUT2D eigenvalue weighted by atomic mass is 9.97. The Labute approximate surface area is 110 Å². The van der Waals surface area contributed by atoms with Crippen LogP contribution in [0.1, 0.15) is 41.1 Å². The minimum Gasteiger partial charge on any atom is -0.477 e. The van der Waals surface area contributed by atoms with Crippen LogP contribution in [0.3, 0.4) is 0 Å². The van der Waals surface area contributed by atoms with Gasteiger partial charge in [0.05, 0.1) is 5.69 Å². The van der Waals surface area contributed by atoms with Gasteiger partial charge in [0.2, 0.25) is 0 Å². The van der Waals surface area contributed by atoms with Crippen molar-refractivity contribution in [2.75, 3.05) is 0 Å². The van der Waals surface area contributed by atoms with Crippen LogP contribution in [0.4, 0.5) is 0 Å². The average molecular weight is 255 g/mol. The first-order chi connectivity index (χ1) is 9.15. The maximum absolute atomic E-state index is 10.9. The number of carboxylic acids is 1. The number of hydrogen-bond donors (Lipinski definition) is 2. The lowest BCUT2D eigenvalue weighted by Crippen LogP contribution is -2.01. The fraction of sp³-hybridized carbons (Fsp3) is 0.214. The van der Waals surface area contributed by atoms with Gasteiger partial charge in [-0.15, -0.1) is 0 Å². The summed E-state index contributed by atoms with van der Waals surface area (Å²) in [6.45, 7) is 2.13. The summed E-state index contributed by atoms with van der Waals surface area (Å²) in [5.41, 5.74) is 2.57. The van der Waals surface area contributed by atoms with Crippen molar-refractivity contribution in [2.24, 2.45) is 0 Å². The number of carbonyl (C=O) groups is 1. The molecule has 5 nitrogen and oxygen atoms in total. The van der Waals surface area contributed by atoms with E-state index in [4.69, 9.17) is 5.11 Å². The summed E-state index contributed by atoms with van der Waals surface area (Å²) in [7, 11) is 0. The molecular formula is C14H13N3O2. The van der Waals surface area contributed by atoms with E-state index in [1.165, 1.54) is 6.07 Å². The maximum Gasteiger partial charge on any atom is 0.354 e. The number of aromatic carboxylic acids is 1. The van der Waals surface area contributed by atoms with Crippen molar-refractivity contribution in [3.05, 3.63) is 41.4 Å². The number of pyridine rings is 1. The number of H-pyrrole nitrogens is 1. The van der Waals surface area contributed by atoms with Crippen LogP contribution in [0.5, 0.6) is 0 Å². The molecule has 2 heterocycles. The first-order valence-electron chi connectivity index (χ1n) is 6.12. The van der Waals surface area contributed by atoms with E-state index in [0.29, 0.717) is 17.4 Å². The molecule has 19 heavy (non-hydrogen) atoms. The molecule has 1 atom stereocenters. The predicted molar refractivity (Wildman–Crippen MR) is 70.8 cm³/mol. The van der Waals surface area contributed by atoms with Crippen molar-refractivity contribution in [3.63, 3.8) is 0 Å². The molecule has 96 valence electrons. The number of nitrogens with one attached hydrogen (secondary N) is 1. The van der Waals surface area contributed by atoms with Crippen molar-refractivity contribution in [3.8, 4) is 11.5 Å². The number of allylic oxidation sites excluding steroid dienone is 1. The van der Waals surface area contributed by atoms with Gasteiger partial charge in [0.15, 0.2) is 5.82 Å². The number of imidazole rings is 1. The highest BCUT2D eigenvalue weighted by Gasteiger charge is 2.18. The number of aromatic nitrogens is 3. The zero-order valence-corrected chi connectivity index (χ0v) is 10.4. The van der Waals surface area contributed by atoms with E-state index in [0.717, 1.165) is 17.8 Å². The molecule has 2 aromatic heterocycles. The monoisotopic (exact) mass is 255 g/mol. The molecule has 3 rings (SSSR count). The molecule has 0 aromatic carbocycles. The Bertz CT molecular complexity index is 673. The standard InChI is InChI=1S/C14H13N3O2/c1-8-4-2-5-9-12(8)17-13(16-9)10-6-3-7-11(15-10)14(18)19/h2-3,5-8H,4H2,1H3,(H,16,17)(H,18,19). The molecule has 0 saturated carbocycles. The first-order valence-corrected chi connectivity index (χ1v) is 6.12. The Kier molecular flexibility index (Phi) is 2.67. The van der Waals surface area contributed by atoms with Gasteiger partial charge in [0, 0.05) is 11.6 Å². The highest BCUT2D eigenvalue weighted by atomic mass is 16.4. The fourth-order valence-corrected chi connectivity index (χ4v) is 2.21. The molecule has 2 aromatic rings. The summed E-state index contributed by atoms with van der Waals surface area (Å²) in [5.74, 6) is -0.0261. The van der Waals surface area contributed by atoms with E-state index >= 15 is 0 Å². The number of aromatic amines is 1. The van der Waals surface area contributed by atoms with E-state index in [9.17, 15) is 4.79 Å². The van der Waals surface area contributed by atoms with Crippen LogP contribution in [0.2, 0.25) is 0 Å². The van der Waals surface area contributed by atoms with Crippen molar-refractivity contribution in [2.45, 2.75) is 19.3 Å². The fourth-order valence-electron chi connectivity index (χ4n) is 2.21. The first kappa shape index (κ1) is 11.6. The Morgan fingerprint density at radius 1 is 1.42 bits per heavy atom. The van der Waals surface area contributed by atoms with Gasteiger partial charge < -0.3 is 10.1 Å². The molecule has 5 heteroatoms. The second-order valence-corrected chi connectivity index (χ2v) is 4.64. The van der Waals surface area contributed by atoms with E-state index in [2.05, 4.69) is 28.0 Å². The normalized spacial score (nSPS) is 17.2. The molecule has 0 fully saturated rings. The van der Waals surface area contributed by atoms with E-state index in [1.54, 1.807) is 12.1 Å². The third-order valence-electron chi connectivity index (χ3n) is 3.23. The molecule has 1 aliphatic carbocycles. The van der Waals surface area contributed by atoms with Crippen LogP contribution in [-0.4, -0.2) is 26.0 Å². The van der Waals surface area contributed by atoms with Gasteiger partial charge in [-0.1, -0.05) is 19.1 Å². The Hall–Kier alpha value is -2.43. The van der Waals surface area contributed by atoms with Crippen LogP contribution < -0.4 is 0 Å². The zero-order valence-electron chi connectivity index (χ0n) is 10.4. The summed E-state index contributed by atoms with van der Waals surface area (Å²) < 4.78 is 0. The molecule has 0 amide bonds. The van der Waals surface area contributed by atoms with Gasteiger partial charge in [-0.25, -0.2) is 14.8 Å².